The molecule has 0 aliphatic heterocycles. The van der Waals surface area contributed by atoms with Crippen molar-refractivity contribution in [3.63, 3.8) is 0 Å². The van der Waals surface area contributed by atoms with Gasteiger partial charge in [0.2, 0.25) is 0 Å². The van der Waals surface area contributed by atoms with Crippen molar-refractivity contribution < 1.29 is 0 Å². The fourth-order valence-corrected chi connectivity index (χ4v) is 3.06. The number of thiophene rings is 1. The molecule has 0 unspecified atom stereocenters. The second-order valence-corrected chi connectivity index (χ2v) is 4.98. The number of rotatable bonds is 0. The molecule has 0 fully saturated rings. The maximum absolute atomic E-state index is 6.07. The second kappa shape index (κ2) is 3.22. The molecule has 0 saturated carbocycles. The van der Waals surface area contributed by atoms with Crippen LogP contribution in [0.25, 0.3) is 10.1 Å². The Hall–Kier alpha value is 0.300. The summed E-state index contributed by atoms with van der Waals surface area (Å²) in [4.78, 5) is 0.808. The highest BCUT2D eigenvalue weighted by Crippen LogP contribution is 2.37. The number of hydrogen-bond acceptors (Lipinski definition) is 2. The Morgan fingerprint density at radius 1 is 1.50 bits per heavy atom. The quantitative estimate of drug-likeness (QED) is 0.669. The van der Waals surface area contributed by atoms with Gasteiger partial charge in [-0.3, -0.25) is 0 Å². The summed E-state index contributed by atoms with van der Waals surface area (Å²) >= 11 is 15.4. The first-order chi connectivity index (χ1) is 5.70. The molecule has 0 nitrogen and oxygen atoms in total. The van der Waals surface area contributed by atoms with Crippen molar-refractivity contribution in [1.82, 2.24) is 0 Å². The van der Waals surface area contributed by atoms with Gasteiger partial charge >= 0.3 is 0 Å². The van der Waals surface area contributed by atoms with Crippen LogP contribution in [0, 0.1) is 0 Å². The van der Waals surface area contributed by atoms with Crippen LogP contribution in [0.3, 0.4) is 0 Å². The molecular formula is C8H4BrClS2. The Bertz CT molecular complexity index is 436. The first kappa shape index (κ1) is 8.88. The summed E-state index contributed by atoms with van der Waals surface area (Å²) in [6, 6.07) is 4.04. The summed E-state index contributed by atoms with van der Waals surface area (Å²) in [6.07, 6.45) is 0. The molecule has 62 valence electrons. The van der Waals surface area contributed by atoms with Gasteiger partial charge in [0.05, 0.1) is 5.02 Å². The Balaban J connectivity index is 2.94. The molecule has 1 heterocycles. The number of benzene rings is 1. The topological polar surface area (TPSA) is 0 Å². The molecule has 0 atom stereocenters. The van der Waals surface area contributed by atoms with Gasteiger partial charge in [-0.2, -0.15) is 0 Å². The van der Waals surface area contributed by atoms with E-state index < -0.39 is 0 Å². The van der Waals surface area contributed by atoms with Gasteiger partial charge in [0.1, 0.15) is 0 Å². The van der Waals surface area contributed by atoms with Crippen LogP contribution < -0.4 is 0 Å². The third kappa shape index (κ3) is 1.29. The summed E-state index contributed by atoms with van der Waals surface area (Å²) in [5, 5.41) is 3.83. The SMILES string of the molecule is Sc1c(Br)cc2sccc2c1Cl. The number of halogens is 2. The van der Waals surface area contributed by atoms with E-state index >= 15 is 0 Å². The summed E-state index contributed by atoms with van der Waals surface area (Å²) < 4.78 is 2.13. The highest BCUT2D eigenvalue weighted by molar-refractivity contribution is 9.10. The van der Waals surface area contributed by atoms with Gasteiger partial charge in [-0.15, -0.1) is 24.0 Å². The lowest BCUT2D eigenvalue weighted by Gasteiger charge is -2.00. The predicted molar refractivity (Wildman–Crippen MR) is 61.8 cm³/mol. The highest BCUT2D eigenvalue weighted by Gasteiger charge is 2.07. The molecule has 2 aromatic rings. The normalized spacial score (nSPS) is 10.9. The minimum atomic E-state index is 0.726. The van der Waals surface area contributed by atoms with Crippen LogP contribution in [0.5, 0.6) is 0 Å². The molecule has 1 aromatic heterocycles. The van der Waals surface area contributed by atoms with Crippen LogP contribution in [0.1, 0.15) is 0 Å². The van der Waals surface area contributed by atoms with Crippen molar-refractivity contribution in [3.05, 3.63) is 27.0 Å². The molecule has 0 bridgehead atoms. The molecule has 0 radical (unpaired) electrons. The number of fused-ring (bicyclic) bond motifs is 1. The average Bonchev–Trinajstić information content (AvgIpc) is 2.48. The smallest absolute Gasteiger partial charge is 0.0637 e. The summed E-state index contributed by atoms with van der Waals surface area (Å²) in [5.74, 6) is 0. The van der Waals surface area contributed by atoms with Crippen molar-refractivity contribution >= 4 is 61.6 Å². The van der Waals surface area contributed by atoms with Gasteiger partial charge in [0, 0.05) is 19.5 Å². The zero-order chi connectivity index (χ0) is 8.72. The Morgan fingerprint density at radius 2 is 2.25 bits per heavy atom. The van der Waals surface area contributed by atoms with Gasteiger partial charge in [-0.05, 0) is 33.4 Å². The van der Waals surface area contributed by atoms with Crippen LogP contribution in [0.2, 0.25) is 5.02 Å². The van der Waals surface area contributed by atoms with E-state index in [1.54, 1.807) is 11.3 Å². The fraction of sp³-hybridized carbons (Fsp3) is 0. The molecule has 1 aromatic carbocycles. The summed E-state index contributed by atoms with van der Waals surface area (Å²) in [7, 11) is 0. The summed E-state index contributed by atoms with van der Waals surface area (Å²) in [6.45, 7) is 0. The second-order valence-electron chi connectivity index (χ2n) is 2.35. The van der Waals surface area contributed by atoms with E-state index in [1.165, 1.54) is 4.70 Å². The predicted octanol–water partition coefficient (Wildman–Crippen LogP) is 4.61. The third-order valence-electron chi connectivity index (χ3n) is 1.62. The van der Waals surface area contributed by atoms with Gasteiger partial charge in [-0.1, -0.05) is 11.6 Å². The van der Waals surface area contributed by atoms with Gasteiger partial charge in [-0.25, -0.2) is 0 Å². The monoisotopic (exact) mass is 278 g/mol. The largest absolute Gasteiger partial charge is 0.144 e. The molecular weight excluding hydrogens is 276 g/mol. The number of hydrogen-bond donors (Lipinski definition) is 1. The third-order valence-corrected chi connectivity index (χ3v) is 4.41. The van der Waals surface area contributed by atoms with E-state index in [2.05, 4.69) is 28.6 Å². The maximum atomic E-state index is 6.07. The minimum Gasteiger partial charge on any atom is -0.144 e. The molecule has 4 heteroatoms. The molecule has 12 heavy (non-hydrogen) atoms. The van der Waals surface area contributed by atoms with Crippen molar-refractivity contribution in [3.8, 4) is 0 Å². The lowest BCUT2D eigenvalue weighted by atomic mass is 10.3. The van der Waals surface area contributed by atoms with E-state index in [4.69, 9.17) is 11.6 Å². The van der Waals surface area contributed by atoms with Crippen molar-refractivity contribution in [2.45, 2.75) is 4.90 Å². The van der Waals surface area contributed by atoms with Crippen LogP contribution >= 0.6 is 51.5 Å². The minimum absolute atomic E-state index is 0.726. The van der Waals surface area contributed by atoms with E-state index in [0.29, 0.717) is 0 Å². The Labute approximate surface area is 93.1 Å². The van der Waals surface area contributed by atoms with Crippen molar-refractivity contribution in [2.24, 2.45) is 0 Å². The average molecular weight is 280 g/mol. The van der Waals surface area contributed by atoms with Crippen LogP contribution in [0.15, 0.2) is 26.9 Å². The van der Waals surface area contributed by atoms with Gasteiger partial charge in [0.25, 0.3) is 0 Å². The van der Waals surface area contributed by atoms with E-state index in [-0.39, 0.29) is 0 Å². The molecule has 2 rings (SSSR count). The van der Waals surface area contributed by atoms with Gasteiger partial charge < -0.3 is 0 Å². The Morgan fingerprint density at radius 3 is 3.00 bits per heavy atom. The number of thiol groups is 1. The zero-order valence-electron chi connectivity index (χ0n) is 5.84. The van der Waals surface area contributed by atoms with Crippen LogP contribution in [-0.4, -0.2) is 0 Å². The van der Waals surface area contributed by atoms with Crippen LogP contribution in [-0.2, 0) is 0 Å². The lowest BCUT2D eigenvalue weighted by Crippen LogP contribution is -1.73. The van der Waals surface area contributed by atoms with Gasteiger partial charge in [0.15, 0.2) is 0 Å². The van der Waals surface area contributed by atoms with Crippen LogP contribution in [0.4, 0.5) is 0 Å². The van der Waals surface area contributed by atoms with Crippen molar-refractivity contribution in [2.75, 3.05) is 0 Å². The standard InChI is InChI=1S/C8H4BrClS2/c9-5-3-6-4(1-2-12-6)7(10)8(5)11/h1-3,11H. The molecule has 0 aliphatic carbocycles. The molecule has 0 aliphatic rings. The zero-order valence-corrected chi connectivity index (χ0v) is 9.90. The van der Waals surface area contributed by atoms with Crippen molar-refractivity contribution in [1.29, 1.82) is 0 Å². The lowest BCUT2D eigenvalue weighted by molar-refractivity contribution is 1.47. The first-order valence-corrected chi connectivity index (χ1v) is 5.74. The van der Waals surface area contributed by atoms with E-state index in [0.717, 1.165) is 19.8 Å². The molecule has 0 saturated heterocycles. The molecule has 0 spiro atoms. The molecule has 0 N–H and O–H groups in total. The fourth-order valence-electron chi connectivity index (χ4n) is 1.03. The highest BCUT2D eigenvalue weighted by atomic mass is 79.9. The maximum Gasteiger partial charge on any atom is 0.0637 e. The first-order valence-electron chi connectivity index (χ1n) is 3.24. The van der Waals surface area contributed by atoms with E-state index in [1.807, 2.05) is 17.5 Å². The Kier molecular flexibility index (Phi) is 2.38. The van der Waals surface area contributed by atoms with E-state index in [9.17, 15) is 0 Å². The summed E-state index contributed by atoms with van der Waals surface area (Å²) in [5.41, 5.74) is 0. The molecule has 0 amide bonds.